The number of amides is 1. The minimum atomic E-state index is -0.728. The van der Waals surface area contributed by atoms with Gasteiger partial charge in [-0.15, -0.1) is 0 Å². The topological polar surface area (TPSA) is 108 Å². The van der Waals surface area contributed by atoms with Crippen LogP contribution < -0.4 is 5.43 Å². The fourth-order valence-electron chi connectivity index (χ4n) is 3.80. The number of aliphatic hydroxyl groups is 1. The van der Waals surface area contributed by atoms with Crippen LogP contribution in [0.5, 0.6) is 0 Å². The Labute approximate surface area is 185 Å². The Morgan fingerprint density at radius 3 is 2.78 bits per heavy atom. The third-order valence-corrected chi connectivity index (χ3v) is 5.44. The second-order valence-corrected chi connectivity index (χ2v) is 7.55. The lowest BCUT2D eigenvalue weighted by molar-refractivity contribution is -0.158. The Hall–Kier alpha value is -2.72. The zero-order valence-electron chi connectivity index (χ0n) is 17.7. The van der Waals surface area contributed by atoms with Crippen LogP contribution in [0, 0.1) is 0 Å². The molecule has 1 fully saturated rings. The van der Waals surface area contributed by atoms with Crippen molar-refractivity contribution in [2.75, 3.05) is 52.7 Å². The minimum Gasteiger partial charge on any atom is -0.464 e. The lowest BCUT2D eigenvalue weighted by Crippen LogP contribution is -2.43. The number of morpholine rings is 1. The molecule has 1 aromatic heterocycles. The molecule has 9 nitrogen and oxygen atoms in total. The van der Waals surface area contributed by atoms with Crippen molar-refractivity contribution in [2.24, 2.45) is 0 Å². The van der Waals surface area contributed by atoms with E-state index in [0.29, 0.717) is 49.3 Å². The number of benzene rings is 1. The number of hydrogen-bond donors (Lipinski definition) is 1. The van der Waals surface area contributed by atoms with Crippen molar-refractivity contribution >= 4 is 16.9 Å². The summed E-state index contributed by atoms with van der Waals surface area (Å²) in [6, 6.07) is 7.06. The van der Waals surface area contributed by atoms with Gasteiger partial charge >= 0.3 is 0 Å². The Bertz CT molecular complexity index is 1010. The number of para-hydroxylation sites is 1. The molecule has 1 aromatic carbocycles. The second kappa shape index (κ2) is 10.7. The molecule has 2 aliphatic heterocycles. The minimum absolute atomic E-state index is 0.0688. The van der Waals surface area contributed by atoms with Crippen LogP contribution in [-0.2, 0) is 23.7 Å². The van der Waals surface area contributed by atoms with Crippen LogP contribution in [0.15, 0.2) is 51.6 Å². The summed E-state index contributed by atoms with van der Waals surface area (Å²) in [6.45, 7) is 2.54. The van der Waals surface area contributed by atoms with Gasteiger partial charge in [-0.05, 0) is 18.2 Å². The van der Waals surface area contributed by atoms with Crippen molar-refractivity contribution < 1.29 is 33.3 Å². The number of allylic oxidation sites excluding steroid dienone is 1. The van der Waals surface area contributed by atoms with Gasteiger partial charge in [0.2, 0.25) is 6.29 Å². The zero-order valence-corrected chi connectivity index (χ0v) is 17.7. The lowest BCUT2D eigenvalue weighted by atomic mass is 9.93. The van der Waals surface area contributed by atoms with Crippen LogP contribution >= 0.6 is 0 Å². The van der Waals surface area contributed by atoms with Gasteiger partial charge in [0.25, 0.3) is 5.91 Å². The fourth-order valence-corrected chi connectivity index (χ4v) is 3.80. The molecule has 0 spiro atoms. The number of fused-ring (bicyclic) bond motifs is 1. The first-order valence-corrected chi connectivity index (χ1v) is 10.7. The molecule has 2 atom stereocenters. The predicted molar refractivity (Wildman–Crippen MR) is 114 cm³/mol. The van der Waals surface area contributed by atoms with Gasteiger partial charge in [0.15, 0.2) is 11.2 Å². The highest BCUT2D eigenvalue weighted by atomic mass is 16.7. The first-order valence-electron chi connectivity index (χ1n) is 10.7. The van der Waals surface area contributed by atoms with Crippen LogP contribution in [0.25, 0.3) is 11.0 Å². The molecular weight excluding hydrogens is 418 g/mol. The van der Waals surface area contributed by atoms with Crippen molar-refractivity contribution in [1.82, 2.24) is 4.90 Å². The van der Waals surface area contributed by atoms with Gasteiger partial charge < -0.3 is 33.4 Å². The molecule has 2 aliphatic rings. The Morgan fingerprint density at radius 1 is 1.16 bits per heavy atom. The number of ether oxygens (including phenoxy) is 4. The quantitative estimate of drug-likeness (QED) is 0.608. The highest BCUT2D eigenvalue weighted by Crippen LogP contribution is 2.31. The molecule has 1 N–H and O–H groups in total. The van der Waals surface area contributed by atoms with Crippen LogP contribution in [0.2, 0.25) is 0 Å². The maximum absolute atomic E-state index is 13.1. The Balaban J connectivity index is 1.58. The largest absolute Gasteiger partial charge is 0.464 e. The average Bonchev–Trinajstić information content (AvgIpc) is 2.84. The number of hydrogen-bond acceptors (Lipinski definition) is 8. The van der Waals surface area contributed by atoms with Crippen LogP contribution in [-0.4, -0.2) is 74.9 Å². The molecule has 1 amide bonds. The molecule has 0 aliphatic carbocycles. The van der Waals surface area contributed by atoms with E-state index in [1.54, 1.807) is 35.2 Å². The highest BCUT2D eigenvalue weighted by molar-refractivity contribution is 5.92. The van der Waals surface area contributed by atoms with E-state index < -0.39 is 12.2 Å². The summed E-state index contributed by atoms with van der Waals surface area (Å²) in [4.78, 5) is 27.8. The van der Waals surface area contributed by atoms with Gasteiger partial charge in [-0.2, -0.15) is 0 Å². The van der Waals surface area contributed by atoms with Crippen molar-refractivity contribution in [3.05, 3.63) is 58.2 Å². The molecule has 9 heteroatoms. The fraction of sp³-hybridized carbons (Fsp3) is 0.478. The monoisotopic (exact) mass is 445 g/mol. The van der Waals surface area contributed by atoms with Gasteiger partial charge in [0.1, 0.15) is 5.58 Å². The predicted octanol–water partition coefficient (Wildman–Crippen LogP) is 1.39. The van der Waals surface area contributed by atoms with E-state index in [1.165, 1.54) is 6.26 Å². The Kier molecular flexibility index (Phi) is 7.54. The van der Waals surface area contributed by atoms with Crippen molar-refractivity contribution in [3.63, 3.8) is 0 Å². The normalized spacial score (nSPS) is 21.3. The van der Waals surface area contributed by atoms with E-state index in [2.05, 4.69) is 0 Å². The van der Waals surface area contributed by atoms with Crippen molar-refractivity contribution in [2.45, 2.75) is 18.6 Å². The van der Waals surface area contributed by atoms with Gasteiger partial charge in [-0.25, -0.2) is 0 Å². The molecule has 1 saturated heterocycles. The molecule has 3 heterocycles. The molecule has 32 heavy (non-hydrogen) atoms. The number of carbonyl (C=O) groups excluding carboxylic acids is 1. The summed E-state index contributed by atoms with van der Waals surface area (Å²) < 4.78 is 27.9. The number of aliphatic hydroxyl groups excluding tert-OH is 1. The van der Waals surface area contributed by atoms with E-state index in [9.17, 15) is 9.59 Å². The molecule has 4 rings (SSSR count). The van der Waals surface area contributed by atoms with E-state index >= 15 is 0 Å². The van der Waals surface area contributed by atoms with E-state index in [0.717, 1.165) is 0 Å². The zero-order chi connectivity index (χ0) is 22.3. The van der Waals surface area contributed by atoms with E-state index in [4.69, 9.17) is 28.5 Å². The molecule has 172 valence electrons. The van der Waals surface area contributed by atoms with Crippen molar-refractivity contribution in [1.29, 1.82) is 0 Å². The summed E-state index contributed by atoms with van der Waals surface area (Å²) in [5.74, 6) is -0.516. The summed E-state index contributed by atoms with van der Waals surface area (Å²) in [6.07, 6.45) is 2.76. The van der Waals surface area contributed by atoms with E-state index in [1.807, 2.05) is 0 Å². The summed E-state index contributed by atoms with van der Waals surface area (Å²) >= 11 is 0. The number of nitrogens with zero attached hydrogens (tertiary/aromatic N) is 1. The van der Waals surface area contributed by atoms with Crippen molar-refractivity contribution in [3.8, 4) is 0 Å². The maximum Gasteiger partial charge on any atom is 0.288 e. The Morgan fingerprint density at radius 2 is 1.97 bits per heavy atom. The van der Waals surface area contributed by atoms with Crippen LogP contribution in [0.4, 0.5) is 0 Å². The molecular formula is C23H27NO8. The SMILES string of the molecule is O=C(C1=C[C@H](c2coc3ccccc3c2=O)C[C@H](OCCOCCO)O1)N1CCOCC1. The van der Waals surface area contributed by atoms with E-state index in [-0.39, 0.29) is 43.5 Å². The van der Waals surface area contributed by atoms with Gasteiger partial charge in [0, 0.05) is 31.0 Å². The first kappa shape index (κ1) is 22.5. The average molecular weight is 445 g/mol. The van der Waals surface area contributed by atoms with Crippen LogP contribution in [0.1, 0.15) is 17.9 Å². The summed E-state index contributed by atoms with van der Waals surface area (Å²) in [5, 5.41) is 9.30. The highest BCUT2D eigenvalue weighted by Gasteiger charge is 2.33. The summed E-state index contributed by atoms with van der Waals surface area (Å²) in [5.41, 5.74) is 0.818. The molecule has 0 saturated carbocycles. The molecule has 0 unspecified atom stereocenters. The first-order chi connectivity index (χ1) is 15.7. The number of carbonyl (C=O) groups is 1. The van der Waals surface area contributed by atoms with Gasteiger partial charge in [-0.1, -0.05) is 12.1 Å². The molecule has 0 bridgehead atoms. The third-order valence-electron chi connectivity index (χ3n) is 5.44. The second-order valence-electron chi connectivity index (χ2n) is 7.55. The lowest BCUT2D eigenvalue weighted by Gasteiger charge is -2.32. The molecule has 0 radical (unpaired) electrons. The van der Waals surface area contributed by atoms with Gasteiger partial charge in [0.05, 0.1) is 51.3 Å². The van der Waals surface area contributed by atoms with Gasteiger partial charge in [-0.3, -0.25) is 9.59 Å². The maximum atomic E-state index is 13.1. The third kappa shape index (κ3) is 5.18. The van der Waals surface area contributed by atoms with Crippen LogP contribution in [0.3, 0.4) is 0 Å². The smallest absolute Gasteiger partial charge is 0.288 e. The molecule has 2 aromatic rings. The summed E-state index contributed by atoms with van der Waals surface area (Å²) in [7, 11) is 0. The standard InChI is InChI=1S/C23H27NO8/c25-7-10-29-11-12-30-21-14-16(13-20(32-21)23(27)24-5-8-28-9-6-24)18-15-31-19-4-2-1-3-17(19)22(18)26/h1-4,13,15-16,21,25H,5-12,14H2/t16-,21+/m0/s1. The number of rotatable bonds is 8.